The lowest BCUT2D eigenvalue weighted by molar-refractivity contribution is 0.0993. The molecule has 0 N–H and O–H groups in total. The predicted molar refractivity (Wildman–Crippen MR) is 105 cm³/mol. The van der Waals surface area contributed by atoms with E-state index in [0.717, 1.165) is 22.3 Å². The summed E-state index contributed by atoms with van der Waals surface area (Å²) in [6.45, 7) is 9.93. The summed E-state index contributed by atoms with van der Waals surface area (Å²) < 4.78 is 5.76. The Bertz CT molecular complexity index is 962. The molecule has 2 aromatic carbocycles. The zero-order valence-corrected chi connectivity index (χ0v) is 16.5. The van der Waals surface area contributed by atoms with E-state index in [1.165, 1.54) is 22.9 Å². The molecule has 0 amide bonds. The fraction of sp³-hybridized carbons (Fsp3) is 0.286. The Morgan fingerprint density at radius 1 is 0.962 bits per heavy atom. The van der Waals surface area contributed by atoms with E-state index in [1.807, 2.05) is 57.2 Å². The molecule has 0 bridgehead atoms. The van der Waals surface area contributed by atoms with Gasteiger partial charge in [0, 0.05) is 11.1 Å². The number of hydrogen-bond acceptors (Lipinski definition) is 5. The van der Waals surface area contributed by atoms with Gasteiger partial charge in [0.05, 0.1) is 5.25 Å². The van der Waals surface area contributed by atoms with Crippen molar-refractivity contribution in [2.75, 3.05) is 0 Å². The van der Waals surface area contributed by atoms with Crippen molar-refractivity contribution in [2.45, 2.75) is 45.1 Å². The fourth-order valence-electron chi connectivity index (χ4n) is 2.67. The van der Waals surface area contributed by atoms with Crippen LogP contribution in [0, 0.1) is 27.7 Å². The maximum Gasteiger partial charge on any atom is 0.277 e. The van der Waals surface area contributed by atoms with Crippen molar-refractivity contribution >= 4 is 17.5 Å². The highest BCUT2D eigenvalue weighted by Gasteiger charge is 2.21. The van der Waals surface area contributed by atoms with Crippen molar-refractivity contribution in [3.8, 4) is 11.5 Å². The van der Waals surface area contributed by atoms with E-state index in [0.29, 0.717) is 11.1 Å². The largest absolute Gasteiger partial charge is 0.411 e. The number of rotatable bonds is 5. The van der Waals surface area contributed by atoms with E-state index >= 15 is 0 Å². The summed E-state index contributed by atoms with van der Waals surface area (Å²) in [5.74, 6) is 0.545. The molecule has 0 aliphatic heterocycles. The Labute approximate surface area is 158 Å². The lowest BCUT2D eigenvalue weighted by Crippen LogP contribution is -2.15. The smallest absolute Gasteiger partial charge is 0.277 e. The summed E-state index contributed by atoms with van der Waals surface area (Å²) in [6.07, 6.45) is 0. The van der Waals surface area contributed by atoms with Crippen LogP contribution in [-0.2, 0) is 0 Å². The van der Waals surface area contributed by atoms with E-state index in [1.54, 1.807) is 0 Å². The first-order valence-corrected chi connectivity index (χ1v) is 9.42. The Kier molecular flexibility index (Phi) is 5.28. The monoisotopic (exact) mass is 366 g/mol. The molecule has 1 aromatic heterocycles. The van der Waals surface area contributed by atoms with E-state index in [9.17, 15) is 4.79 Å². The van der Waals surface area contributed by atoms with E-state index in [2.05, 4.69) is 24.0 Å². The molecule has 0 fully saturated rings. The summed E-state index contributed by atoms with van der Waals surface area (Å²) >= 11 is 1.29. The van der Waals surface area contributed by atoms with Gasteiger partial charge in [0.25, 0.3) is 5.22 Å². The molecule has 26 heavy (non-hydrogen) atoms. The van der Waals surface area contributed by atoms with Gasteiger partial charge in [0.1, 0.15) is 0 Å². The van der Waals surface area contributed by atoms with Gasteiger partial charge in [-0.2, -0.15) is 0 Å². The van der Waals surface area contributed by atoms with Crippen LogP contribution in [0.5, 0.6) is 0 Å². The molecule has 1 atom stereocenters. The molecule has 5 heteroatoms. The van der Waals surface area contributed by atoms with Crippen LogP contribution < -0.4 is 0 Å². The molecule has 134 valence electrons. The molecule has 0 aliphatic rings. The van der Waals surface area contributed by atoms with E-state index in [4.69, 9.17) is 4.42 Å². The number of Topliss-reactive ketones (excluding diaryl/α,β-unsaturated/α-hetero) is 1. The number of thioether (sulfide) groups is 1. The minimum atomic E-state index is -0.302. The predicted octanol–water partition coefficient (Wildman–Crippen LogP) is 5.33. The minimum absolute atomic E-state index is 0.0714. The van der Waals surface area contributed by atoms with Crippen molar-refractivity contribution < 1.29 is 9.21 Å². The van der Waals surface area contributed by atoms with Gasteiger partial charge in [-0.1, -0.05) is 35.5 Å². The number of carbonyl (C=O) groups excluding carboxylic acids is 1. The van der Waals surface area contributed by atoms with Crippen molar-refractivity contribution in [1.29, 1.82) is 0 Å². The zero-order valence-electron chi connectivity index (χ0n) is 15.7. The van der Waals surface area contributed by atoms with Gasteiger partial charge < -0.3 is 4.42 Å². The van der Waals surface area contributed by atoms with Crippen LogP contribution in [-0.4, -0.2) is 21.2 Å². The second-order valence-corrected chi connectivity index (χ2v) is 7.91. The van der Waals surface area contributed by atoms with E-state index in [-0.39, 0.29) is 11.0 Å². The zero-order chi connectivity index (χ0) is 18.8. The topological polar surface area (TPSA) is 56.0 Å². The molecule has 0 radical (unpaired) electrons. The van der Waals surface area contributed by atoms with Crippen LogP contribution in [0.2, 0.25) is 0 Å². The third-order valence-electron chi connectivity index (χ3n) is 4.47. The summed E-state index contributed by atoms with van der Waals surface area (Å²) in [5.41, 5.74) is 6.09. The van der Waals surface area contributed by atoms with Crippen LogP contribution in [0.1, 0.15) is 39.5 Å². The molecular formula is C21H22N2O2S. The fourth-order valence-corrected chi connectivity index (χ4v) is 3.43. The van der Waals surface area contributed by atoms with Crippen molar-refractivity contribution in [3.63, 3.8) is 0 Å². The van der Waals surface area contributed by atoms with Gasteiger partial charge in [-0.15, -0.1) is 10.2 Å². The summed E-state index contributed by atoms with van der Waals surface area (Å²) in [6, 6.07) is 12.0. The number of benzene rings is 2. The molecule has 0 spiro atoms. The first-order chi connectivity index (χ1) is 12.3. The number of hydrogen-bond donors (Lipinski definition) is 0. The van der Waals surface area contributed by atoms with Crippen LogP contribution in [0.3, 0.4) is 0 Å². The number of nitrogens with zero attached hydrogens (tertiary/aromatic N) is 2. The van der Waals surface area contributed by atoms with Crippen LogP contribution in [0.15, 0.2) is 46.0 Å². The molecule has 3 rings (SSSR count). The second kappa shape index (κ2) is 7.46. The molecule has 0 saturated carbocycles. The summed E-state index contributed by atoms with van der Waals surface area (Å²) in [4.78, 5) is 12.8. The number of aromatic nitrogens is 2. The lowest BCUT2D eigenvalue weighted by Gasteiger charge is -2.10. The van der Waals surface area contributed by atoms with Gasteiger partial charge in [-0.25, -0.2) is 0 Å². The lowest BCUT2D eigenvalue weighted by atomic mass is 10.0. The van der Waals surface area contributed by atoms with Gasteiger partial charge in [0.15, 0.2) is 5.78 Å². The molecule has 4 nitrogen and oxygen atoms in total. The third kappa shape index (κ3) is 3.88. The highest BCUT2D eigenvalue weighted by Crippen LogP contribution is 2.29. The number of ketones is 1. The van der Waals surface area contributed by atoms with Gasteiger partial charge >= 0.3 is 0 Å². The number of aryl methyl sites for hydroxylation is 4. The number of carbonyl (C=O) groups is 1. The maximum atomic E-state index is 12.8. The molecule has 3 aromatic rings. The van der Waals surface area contributed by atoms with Crippen molar-refractivity contribution in [2.24, 2.45) is 0 Å². The van der Waals surface area contributed by atoms with Crippen LogP contribution >= 0.6 is 11.8 Å². The average Bonchev–Trinajstić information content (AvgIpc) is 3.07. The Hall–Kier alpha value is -2.40. The van der Waals surface area contributed by atoms with Gasteiger partial charge in [-0.05, 0) is 69.5 Å². The average molecular weight is 366 g/mol. The highest BCUT2D eigenvalue weighted by molar-refractivity contribution is 8.00. The van der Waals surface area contributed by atoms with Crippen molar-refractivity contribution in [1.82, 2.24) is 10.2 Å². The standard InChI is InChI=1S/C21H22N2O2S/c1-12-6-7-14(3)18(10-12)19(24)16(5)26-21-23-22-20(25-21)17-9-8-13(2)15(4)11-17/h6-11,16H,1-5H3/t16-/m0/s1. The van der Waals surface area contributed by atoms with Crippen LogP contribution in [0.25, 0.3) is 11.5 Å². The summed E-state index contributed by atoms with van der Waals surface area (Å²) in [7, 11) is 0. The first kappa shape index (κ1) is 18.4. The molecule has 0 saturated heterocycles. The van der Waals surface area contributed by atoms with Crippen LogP contribution in [0.4, 0.5) is 0 Å². The Morgan fingerprint density at radius 2 is 1.69 bits per heavy atom. The summed E-state index contributed by atoms with van der Waals surface area (Å²) in [5, 5.41) is 8.32. The Balaban J connectivity index is 1.77. The quantitative estimate of drug-likeness (QED) is 0.451. The first-order valence-electron chi connectivity index (χ1n) is 8.54. The molecular weight excluding hydrogens is 344 g/mol. The van der Waals surface area contributed by atoms with Gasteiger partial charge in [0.2, 0.25) is 5.89 Å². The molecule has 0 aliphatic carbocycles. The molecule has 1 heterocycles. The van der Waals surface area contributed by atoms with Crippen molar-refractivity contribution in [3.05, 3.63) is 64.2 Å². The third-order valence-corrected chi connectivity index (χ3v) is 5.40. The Morgan fingerprint density at radius 3 is 2.42 bits per heavy atom. The molecule has 0 unspecified atom stereocenters. The maximum absolute atomic E-state index is 12.8. The SMILES string of the molecule is Cc1ccc(C)c(C(=O)[C@H](C)Sc2nnc(-c3ccc(C)c(C)c3)o2)c1. The van der Waals surface area contributed by atoms with Gasteiger partial charge in [-0.3, -0.25) is 4.79 Å². The minimum Gasteiger partial charge on any atom is -0.411 e. The van der Waals surface area contributed by atoms with E-state index < -0.39 is 0 Å². The highest BCUT2D eigenvalue weighted by atomic mass is 32.2. The second-order valence-electron chi connectivity index (χ2n) is 6.61. The normalized spacial score (nSPS) is 12.2.